The van der Waals surface area contributed by atoms with Crippen molar-refractivity contribution in [1.29, 1.82) is 0 Å². The van der Waals surface area contributed by atoms with Gasteiger partial charge in [0, 0.05) is 6.04 Å². The lowest BCUT2D eigenvalue weighted by atomic mass is 9.65. The van der Waals surface area contributed by atoms with Gasteiger partial charge < -0.3 is 5.73 Å². The van der Waals surface area contributed by atoms with Gasteiger partial charge in [-0.15, -0.1) is 0 Å². The van der Waals surface area contributed by atoms with Crippen LogP contribution in [0.4, 0.5) is 0 Å². The number of hydrogen-bond acceptors (Lipinski definition) is 1. The highest BCUT2D eigenvalue weighted by molar-refractivity contribution is 5.11. The Labute approximate surface area is 82.1 Å². The third-order valence-corrected chi connectivity index (χ3v) is 5.50. The maximum atomic E-state index is 6.09. The van der Waals surface area contributed by atoms with Gasteiger partial charge in [0.25, 0.3) is 0 Å². The van der Waals surface area contributed by atoms with Crippen LogP contribution in [-0.2, 0) is 0 Å². The van der Waals surface area contributed by atoms with E-state index < -0.39 is 0 Å². The maximum Gasteiger partial charge on any atom is 0.00442 e. The first kappa shape index (κ1) is 9.51. The molecule has 1 heteroatoms. The number of hydrogen-bond donors (Lipinski definition) is 1. The highest BCUT2D eigenvalue weighted by atomic mass is 14.7. The van der Waals surface area contributed by atoms with Gasteiger partial charge in [0.1, 0.15) is 0 Å². The van der Waals surface area contributed by atoms with Crippen molar-refractivity contribution in [2.45, 2.75) is 53.0 Å². The first-order valence-corrected chi connectivity index (χ1v) is 5.65. The minimum absolute atomic E-state index is 0.384. The van der Waals surface area contributed by atoms with Crippen LogP contribution < -0.4 is 5.73 Å². The topological polar surface area (TPSA) is 26.0 Å². The van der Waals surface area contributed by atoms with Crippen molar-refractivity contribution in [3.05, 3.63) is 0 Å². The molecule has 2 bridgehead atoms. The van der Waals surface area contributed by atoms with Gasteiger partial charge in [-0.05, 0) is 48.9 Å². The largest absolute Gasteiger partial charge is 0.328 e. The first-order valence-electron chi connectivity index (χ1n) is 5.65. The van der Waals surface area contributed by atoms with Crippen molar-refractivity contribution < 1.29 is 0 Å². The van der Waals surface area contributed by atoms with Crippen molar-refractivity contribution in [3.63, 3.8) is 0 Å². The summed E-state index contributed by atoms with van der Waals surface area (Å²) < 4.78 is 0. The Morgan fingerprint density at radius 1 is 1.31 bits per heavy atom. The smallest absolute Gasteiger partial charge is 0.00442 e. The predicted molar refractivity (Wildman–Crippen MR) is 56.4 cm³/mol. The van der Waals surface area contributed by atoms with Crippen LogP contribution in [0.2, 0.25) is 0 Å². The van der Waals surface area contributed by atoms with Crippen molar-refractivity contribution in [2.75, 3.05) is 0 Å². The molecule has 2 saturated carbocycles. The van der Waals surface area contributed by atoms with E-state index in [0.29, 0.717) is 16.9 Å². The molecule has 0 aliphatic heterocycles. The molecule has 0 heterocycles. The quantitative estimate of drug-likeness (QED) is 0.661. The van der Waals surface area contributed by atoms with Crippen LogP contribution in [0.25, 0.3) is 0 Å². The van der Waals surface area contributed by atoms with Crippen LogP contribution in [0, 0.1) is 22.7 Å². The normalized spacial score (nSPS) is 49.6. The summed E-state index contributed by atoms with van der Waals surface area (Å²) in [5, 5.41) is 0. The second-order valence-electron chi connectivity index (χ2n) is 6.08. The Morgan fingerprint density at radius 3 is 2.15 bits per heavy atom. The van der Waals surface area contributed by atoms with Crippen LogP contribution in [-0.4, -0.2) is 6.04 Å². The van der Waals surface area contributed by atoms with E-state index in [-0.39, 0.29) is 0 Å². The molecule has 13 heavy (non-hydrogen) atoms. The molecule has 2 aliphatic rings. The molecular weight excluding hydrogens is 158 g/mol. The molecule has 4 unspecified atom stereocenters. The summed E-state index contributed by atoms with van der Waals surface area (Å²) in [4.78, 5) is 0. The molecule has 0 aromatic rings. The fourth-order valence-corrected chi connectivity index (χ4v) is 4.06. The van der Waals surface area contributed by atoms with Crippen LogP contribution in [0.15, 0.2) is 0 Å². The standard InChI is InChI=1S/C12H23N/c1-8(13)10-7-9-5-6-12(10,4)11(9,2)3/h8-10H,5-7,13H2,1-4H3. The van der Waals surface area contributed by atoms with E-state index in [1.54, 1.807) is 0 Å². The molecule has 4 atom stereocenters. The van der Waals surface area contributed by atoms with Crippen molar-refractivity contribution in [3.8, 4) is 0 Å². The highest BCUT2D eigenvalue weighted by Crippen LogP contribution is 2.68. The monoisotopic (exact) mass is 181 g/mol. The van der Waals surface area contributed by atoms with Gasteiger partial charge in [-0.1, -0.05) is 20.8 Å². The minimum atomic E-state index is 0.384. The van der Waals surface area contributed by atoms with Crippen LogP contribution >= 0.6 is 0 Å². The summed E-state index contributed by atoms with van der Waals surface area (Å²) in [5.41, 5.74) is 7.14. The fourth-order valence-electron chi connectivity index (χ4n) is 4.06. The number of rotatable bonds is 1. The van der Waals surface area contributed by atoms with E-state index in [9.17, 15) is 0 Å². The molecule has 0 aromatic carbocycles. The predicted octanol–water partition coefficient (Wildman–Crippen LogP) is 2.80. The van der Waals surface area contributed by atoms with Crippen LogP contribution in [0.3, 0.4) is 0 Å². The molecule has 0 radical (unpaired) electrons. The summed E-state index contributed by atoms with van der Waals surface area (Å²) in [7, 11) is 0. The molecule has 0 saturated heterocycles. The summed E-state index contributed by atoms with van der Waals surface area (Å²) in [6.45, 7) is 9.56. The molecule has 0 aromatic heterocycles. The summed E-state index contributed by atoms with van der Waals surface area (Å²) >= 11 is 0. The average Bonchev–Trinajstić information content (AvgIpc) is 2.34. The van der Waals surface area contributed by atoms with Gasteiger partial charge in [-0.3, -0.25) is 0 Å². The summed E-state index contributed by atoms with van der Waals surface area (Å²) in [6.07, 6.45) is 4.21. The zero-order valence-corrected chi connectivity index (χ0v) is 9.43. The Kier molecular flexibility index (Phi) is 1.83. The SMILES string of the molecule is CC(N)C1CC2CCC1(C)C2(C)C. The van der Waals surface area contributed by atoms with E-state index in [4.69, 9.17) is 5.73 Å². The van der Waals surface area contributed by atoms with Crippen LogP contribution in [0.5, 0.6) is 0 Å². The maximum absolute atomic E-state index is 6.09. The molecule has 2 N–H and O–H groups in total. The van der Waals surface area contributed by atoms with E-state index in [0.717, 1.165) is 11.8 Å². The van der Waals surface area contributed by atoms with Crippen molar-refractivity contribution in [2.24, 2.45) is 28.4 Å². The molecule has 2 aliphatic carbocycles. The molecule has 0 amide bonds. The van der Waals surface area contributed by atoms with E-state index >= 15 is 0 Å². The zero-order chi connectivity index (χ0) is 9.85. The molecule has 0 spiro atoms. The average molecular weight is 181 g/mol. The summed E-state index contributed by atoms with van der Waals surface area (Å²) in [6, 6.07) is 0.384. The second-order valence-corrected chi connectivity index (χ2v) is 6.08. The second kappa shape index (κ2) is 2.50. The molecule has 2 rings (SSSR count). The van der Waals surface area contributed by atoms with E-state index in [1.165, 1.54) is 19.3 Å². The van der Waals surface area contributed by atoms with Gasteiger partial charge >= 0.3 is 0 Å². The number of fused-ring (bicyclic) bond motifs is 2. The Hall–Kier alpha value is -0.0400. The van der Waals surface area contributed by atoms with Gasteiger partial charge in [0.2, 0.25) is 0 Å². The molecular formula is C12H23N. The molecule has 2 fully saturated rings. The van der Waals surface area contributed by atoms with Gasteiger partial charge in [0.05, 0.1) is 0 Å². The van der Waals surface area contributed by atoms with E-state index in [1.807, 2.05) is 0 Å². The zero-order valence-electron chi connectivity index (χ0n) is 9.43. The molecule has 1 nitrogen and oxygen atoms in total. The van der Waals surface area contributed by atoms with Gasteiger partial charge in [-0.25, -0.2) is 0 Å². The van der Waals surface area contributed by atoms with Crippen LogP contribution in [0.1, 0.15) is 47.0 Å². The fraction of sp³-hybridized carbons (Fsp3) is 1.00. The highest BCUT2D eigenvalue weighted by Gasteiger charge is 2.61. The lowest BCUT2D eigenvalue weighted by Gasteiger charge is -2.41. The van der Waals surface area contributed by atoms with Gasteiger partial charge in [0.15, 0.2) is 0 Å². The Balaban J connectivity index is 2.33. The minimum Gasteiger partial charge on any atom is -0.328 e. The Morgan fingerprint density at radius 2 is 1.92 bits per heavy atom. The summed E-state index contributed by atoms with van der Waals surface area (Å²) in [5.74, 6) is 1.70. The van der Waals surface area contributed by atoms with Crippen molar-refractivity contribution >= 4 is 0 Å². The van der Waals surface area contributed by atoms with Gasteiger partial charge in [-0.2, -0.15) is 0 Å². The van der Waals surface area contributed by atoms with E-state index in [2.05, 4.69) is 27.7 Å². The van der Waals surface area contributed by atoms with Crippen molar-refractivity contribution in [1.82, 2.24) is 0 Å². The lowest BCUT2D eigenvalue weighted by molar-refractivity contribution is 0.0911. The Bertz CT molecular complexity index is 219. The first-order chi connectivity index (χ1) is 5.89. The third kappa shape index (κ3) is 0.971. The third-order valence-electron chi connectivity index (χ3n) is 5.50. The lowest BCUT2D eigenvalue weighted by Crippen LogP contribution is -2.40. The number of nitrogens with two attached hydrogens (primary N) is 1. The molecule has 76 valence electrons.